The van der Waals surface area contributed by atoms with Gasteiger partial charge in [-0.3, -0.25) is 4.79 Å². The summed E-state index contributed by atoms with van der Waals surface area (Å²) in [6.07, 6.45) is 3.99. The van der Waals surface area contributed by atoms with Crippen LogP contribution in [0, 0.1) is 12.7 Å². The highest BCUT2D eigenvalue weighted by atomic mass is 32.1. The van der Waals surface area contributed by atoms with Crippen molar-refractivity contribution >= 4 is 39.1 Å². The van der Waals surface area contributed by atoms with E-state index in [1.165, 1.54) is 11.3 Å². The average molecular weight is 379 g/mol. The van der Waals surface area contributed by atoms with Crippen molar-refractivity contribution in [3.8, 4) is 0 Å². The van der Waals surface area contributed by atoms with E-state index >= 15 is 0 Å². The molecule has 1 fully saturated rings. The Morgan fingerprint density at radius 3 is 2.78 bits per heavy atom. The van der Waals surface area contributed by atoms with Crippen molar-refractivity contribution in [1.29, 1.82) is 0 Å². The number of hydrogen-bond donors (Lipinski definition) is 0. The maximum atomic E-state index is 14.7. The van der Waals surface area contributed by atoms with Crippen molar-refractivity contribution in [3.05, 3.63) is 68.2 Å². The third-order valence-electron chi connectivity index (χ3n) is 5.21. The van der Waals surface area contributed by atoms with Crippen LogP contribution < -0.4 is 15.0 Å². The monoisotopic (exact) mass is 379 g/mol. The maximum Gasteiger partial charge on any atom is 0.274 e. The van der Waals surface area contributed by atoms with Gasteiger partial charge in [0.1, 0.15) is 5.82 Å². The van der Waals surface area contributed by atoms with Gasteiger partial charge in [-0.2, -0.15) is 0 Å². The molecule has 0 bridgehead atoms. The number of fused-ring (bicyclic) bond motifs is 3. The summed E-state index contributed by atoms with van der Waals surface area (Å²) in [4.78, 5) is 20.2. The molecule has 136 valence electrons. The number of para-hydroxylation sites is 2. The minimum Gasteiger partial charge on any atom is -0.369 e. The van der Waals surface area contributed by atoms with Crippen molar-refractivity contribution in [2.45, 2.75) is 19.8 Å². The average Bonchev–Trinajstić information content (AvgIpc) is 3.36. The summed E-state index contributed by atoms with van der Waals surface area (Å²) in [7, 11) is 0. The largest absolute Gasteiger partial charge is 0.369 e. The Labute approximate surface area is 159 Å². The molecule has 0 spiro atoms. The summed E-state index contributed by atoms with van der Waals surface area (Å²) >= 11 is 1.34. The molecule has 6 heteroatoms. The van der Waals surface area contributed by atoms with Crippen LogP contribution in [0.25, 0.3) is 22.1 Å². The number of aryl methyl sites for hydroxylation is 1. The fourth-order valence-electron chi connectivity index (χ4n) is 3.79. The molecule has 0 amide bonds. The molecular weight excluding hydrogens is 361 g/mol. The fourth-order valence-corrected chi connectivity index (χ4v) is 4.77. The van der Waals surface area contributed by atoms with Crippen LogP contribution in [0.3, 0.4) is 0 Å². The highest BCUT2D eigenvalue weighted by Crippen LogP contribution is 2.27. The molecule has 2 aromatic heterocycles. The highest BCUT2D eigenvalue weighted by Gasteiger charge is 2.17. The molecule has 5 rings (SSSR count). The molecular formula is C21H18FN3OS. The highest BCUT2D eigenvalue weighted by molar-refractivity contribution is 7.15. The standard InChI is InChI=1S/C21H18FN3OS/c1-13-10-18(24-8-4-5-9-24)15(22)11-14(13)12-19-20(26)25-17-7-3-2-6-16(17)23-21(25)27-19/h2-3,6-7,10-12H,4-5,8-9H2,1H3/b19-12-. The van der Waals surface area contributed by atoms with Crippen LogP contribution >= 0.6 is 11.3 Å². The lowest BCUT2D eigenvalue weighted by Crippen LogP contribution is -2.23. The summed E-state index contributed by atoms with van der Waals surface area (Å²) in [5.74, 6) is -0.229. The van der Waals surface area contributed by atoms with Crippen molar-refractivity contribution in [2.75, 3.05) is 18.0 Å². The van der Waals surface area contributed by atoms with Gasteiger partial charge < -0.3 is 4.90 Å². The van der Waals surface area contributed by atoms with E-state index in [1.54, 1.807) is 16.5 Å². The van der Waals surface area contributed by atoms with Crippen LogP contribution in [0.1, 0.15) is 24.0 Å². The summed E-state index contributed by atoms with van der Waals surface area (Å²) < 4.78 is 16.9. The maximum absolute atomic E-state index is 14.7. The Kier molecular flexibility index (Phi) is 3.75. The van der Waals surface area contributed by atoms with Crippen molar-refractivity contribution < 1.29 is 4.39 Å². The van der Waals surface area contributed by atoms with Crippen LogP contribution in [-0.4, -0.2) is 22.5 Å². The first-order valence-electron chi connectivity index (χ1n) is 9.08. The van der Waals surface area contributed by atoms with E-state index in [-0.39, 0.29) is 11.4 Å². The lowest BCUT2D eigenvalue weighted by Gasteiger charge is -2.19. The second kappa shape index (κ2) is 6.16. The number of aromatic nitrogens is 2. The number of benzene rings is 2. The van der Waals surface area contributed by atoms with Gasteiger partial charge in [-0.05, 0) is 61.2 Å². The lowest BCUT2D eigenvalue weighted by molar-refractivity contribution is 0.622. The molecule has 0 aliphatic carbocycles. The van der Waals surface area contributed by atoms with Crippen molar-refractivity contribution in [2.24, 2.45) is 0 Å². The number of thiazole rings is 1. The minimum atomic E-state index is -0.229. The Morgan fingerprint density at radius 2 is 1.96 bits per heavy atom. The number of imidazole rings is 1. The molecule has 2 aromatic carbocycles. The molecule has 1 aliphatic rings. The summed E-state index contributed by atoms with van der Waals surface area (Å²) in [5.41, 5.74) is 3.88. The van der Waals surface area contributed by atoms with E-state index in [1.807, 2.05) is 37.3 Å². The van der Waals surface area contributed by atoms with Gasteiger partial charge in [0.15, 0.2) is 4.96 Å². The van der Waals surface area contributed by atoms with Gasteiger partial charge in [-0.1, -0.05) is 23.5 Å². The number of anilines is 1. The molecule has 4 nitrogen and oxygen atoms in total. The molecule has 1 saturated heterocycles. The smallest absolute Gasteiger partial charge is 0.274 e. The van der Waals surface area contributed by atoms with Crippen LogP contribution in [0.2, 0.25) is 0 Å². The summed E-state index contributed by atoms with van der Waals surface area (Å²) in [5, 5.41) is 0. The quantitative estimate of drug-likeness (QED) is 0.535. The van der Waals surface area contributed by atoms with Crippen molar-refractivity contribution in [1.82, 2.24) is 9.38 Å². The van der Waals surface area contributed by atoms with E-state index in [0.717, 1.165) is 48.1 Å². The minimum absolute atomic E-state index is 0.105. The Hall–Kier alpha value is -2.73. The Balaban J connectivity index is 1.65. The van der Waals surface area contributed by atoms with Gasteiger partial charge in [0.2, 0.25) is 0 Å². The zero-order valence-corrected chi connectivity index (χ0v) is 15.7. The second-order valence-electron chi connectivity index (χ2n) is 6.99. The van der Waals surface area contributed by atoms with Crippen LogP contribution in [0.5, 0.6) is 0 Å². The Morgan fingerprint density at radius 1 is 1.19 bits per heavy atom. The predicted molar refractivity (Wildman–Crippen MR) is 108 cm³/mol. The van der Waals surface area contributed by atoms with Gasteiger partial charge in [0.25, 0.3) is 5.56 Å². The Bertz CT molecular complexity index is 1280. The van der Waals surface area contributed by atoms with Gasteiger partial charge >= 0.3 is 0 Å². The zero-order valence-electron chi connectivity index (χ0n) is 14.9. The summed E-state index contributed by atoms with van der Waals surface area (Å²) in [6, 6.07) is 11.0. The molecule has 0 atom stereocenters. The summed E-state index contributed by atoms with van der Waals surface area (Å²) in [6.45, 7) is 3.77. The number of hydrogen-bond acceptors (Lipinski definition) is 4. The molecule has 4 aromatic rings. The normalized spacial score (nSPS) is 15.5. The fraction of sp³-hybridized carbons (Fsp3) is 0.238. The SMILES string of the molecule is Cc1cc(N2CCCC2)c(F)cc1/C=c1\sc2nc3ccccc3n2c1=O. The molecule has 3 heterocycles. The molecule has 27 heavy (non-hydrogen) atoms. The third kappa shape index (κ3) is 2.63. The van der Waals surface area contributed by atoms with Crippen LogP contribution in [0.4, 0.5) is 10.1 Å². The van der Waals surface area contributed by atoms with Crippen LogP contribution in [-0.2, 0) is 0 Å². The molecule has 0 unspecified atom stereocenters. The van der Waals surface area contributed by atoms with Crippen LogP contribution in [0.15, 0.2) is 41.2 Å². The molecule has 1 aliphatic heterocycles. The molecule has 0 radical (unpaired) electrons. The molecule has 0 N–H and O–H groups in total. The predicted octanol–water partition coefficient (Wildman–Crippen LogP) is 3.50. The van der Waals surface area contributed by atoms with Crippen molar-refractivity contribution in [3.63, 3.8) is 0 Å². The number of halogens is 1. The van der Waals surface area contributed by atoms with E-state index in [2.05, 4.69) is 9.88 Å². The zero-order chi connectivity index (χ0) is 18.5. The van der Waals surface area contributed by atoms with E-state index in [0.29, 0.717) is 15.2 Å². The molecule has 0 saturated carbocycles. The first kappa shape index (κ1) is 16.4. The van der Waals surface area contributed by atoms with Gasteiger partial charge in [-0.15, -0.1) is 0 Å². The third-order valence-corrected chi connectivity index (χ3v) is 6.18. The second-order valence-corrected chi connectivity index (χ2v) is 8.00. The van der Waals surface area contributed by atoms with Gasteiger partial charge in [-0.25, -0.2) is 13.8 Å². The number of rotatable bonds is 2. The lowest BCUT2D eigenvalue weighted by atomic mass is 10.1. The van der Waals surface area contributed by atoms with E-state index in [9.17, 15) is 9.18 Å². The topological polar surface area (TPSA) is 37.6 Å². The van der Waals surface area contributed by atoms with E-state index < -0.39 is 0 Å². The van der Waals surface area contributed by atoms with Gasteiger partial charge in [0, 0.05) is 13.1 Å². The number of nitrogens with zero attached hydrogens (tertiary/aromatic N) is 3. The first-order chi connectivity index (χ1) is 13.1. The van der Waals surface area contributed by atoms with E-state index in [4.69, 9.17) is 0 Å². The first-order valence-corrected chi connectivity index (χ1v) is 9.90. The van der Waals surface area contributed by atoms with Gasteiger partial charge in [0.05, 0.1) is 21.3 Å².